The van der Waals surface area contributed by atoms with Crippen LogP contribution in [0.3, 0.4) is 0 Å². The fraction of sp³-hybridized carbons (Fsp3) is 1.00. The molecule has 0 amide bonds. The van der Waals surface area contributed by atoms with Crippen LogP contribution in [0.15, 0.2) is 0 Å². The quantitative estimate of drug-likeness (QED) is 0.628. The molecule has 1 atom stereocenters. The van der Waals surface area contributed by atoms with Gasteiger partial charge in [-0.1, -0.05) is 6.42 Å². The summed E-state index contributed by atoms with van der Waals surface area (Å²) in [6.07, 6.45) is 10.5. The molecule has 1 aliphatic heterocycles. The highest BCUT2D eigenvalue weighted by Gasteiger charge is 2.43. The summed E-state index contributed by atoms with van der Waals surface area (Å²) in [4.78, 5) is 0. The molecule has 1 spiro atoms. The Bertz CT molecular complexity index is 169. The van der Waals surface area contributed by atoms with Gasteiger partial charge < -0.3 is 5.32 Å². The zero-order chi connectivity index (χ0) is 8.02. The van der Waals surface area contributed by atoms with Crippen molar-refractivity contribution in [1.82, 2.24) is 5.32 Å². The summed E-state index contributed by atoms with van der Waals surface area (Å²) >= 11 is 0. The molecule has 1 saturated heterocycles. The molecular weight excluding hydrogens is 146 g/mol. The first kappa shape index (κ1) is 7.37. The molecule has 1 heteroatoms. The zero-order valence-electron chi connectivity index (χ0n) is 7.81. The smallest absolute Gasteiger partial charge is 0.00957 e. The predicted octanol–water partition coefficient (Wildman–Crippen LogP) is 2.32. The Morgan fingerprint density at radius 1 is 1.00 bits per heavy atom. The maximum absolute atomic E-state index is 3.77. The van der Waals surface area contributed by atoms with E-state index in [4.69, 9.17) is 0 Å². The molecule has 0 aromatic heterocycles. The van der Waals surface area contributed by atoms with Crippen molar-refractivity contribution in [2.45, 2.75) is 51.0 Å². The Balaban J connectivity index is 1.57. The molecule has 68 valence electrons. The van der Waals surface area contributed by atoms with Crippen molar-refractivity contribution in [3.8, 4) is 0 Å². The lowest BCUT2D eigenvalue weighted by atomic mass is 9.64. The molecule has 2 saturated carbocycles. The number of piperidine rings is 1. The lowest BCUT2D eigenvalue weighted by Gasteiger charge is -2.47. The second-order valence-electron chi connectivity index (χ2n) is 5.22. The third-order valence-electron chi connectivity index (χ3n) is 4.33. The molecule has 0 aromatic rings. The molecule has 0 radical (unpaired) electrons. The average Bonchev–Trinajstić information content (AvgIpc) is 2.84. The molecule has 3 fully saturated rings. The molecule has 12 heavy (non-hydrogen) atoms. The highest BCUT2D eigenvalue weighted by molar-refractivity contribution is 4.98. The molecule has 3 aliphatic rings. The van der Waals surface area contributed by atoms with Crippen molar-refractivity contribution < 1.29 is 0 Å². The highest BCUT2D eigenvalue weighted by atomic mass is 15.0. The summed E-state index contributed by atoms with van der Waals surface area (Å²) in [5.41, 5.74) is 0.783. The van der Waals surface area contributed by atoms with E-state index in [1.165, 1.54) is 51.5 Å². The van der Waals surface area contributed by atoms with Crippen LogP contribution in [-0.2, 0) is 0 Å². The van der Waals surface area contributed by atoms with Crippen LogP contribution in [-0.4, -0.2) is 12.6 Å². The Morgan fingerprint density at radius 3 is 2.25 bits per heavy atom. The molecule has 0 aromatic carbocycles. The van der Waals surface area contributed by atoms with Crippen LogP contribution in [0.1, 0.15) is 44.9 Å². The van der Waals surface area contributed by atoms with Gasteiger partial charge in [-0.05, 0) is 49.9 Å². The van der Waals surface area contributed by atoms with E-state index in [9.17, 15) is 0 Å². The minimum Gasteiger partial charge on any atom is -0.313 e. The second kappa shape index (κ2) is 2.47. The lowest BCUT2D eigenvalue weighted by Crippen LogP contribution is -2.49. The Labute approximate surface area is 74.9 Å². The van der Waals surface area contributed by atoms with E-state index in [1.807, 2.05) is 0 Å². The number of hydrogen-bond donors (Lipinski definition) is 1. The zero-order valence-corrected chi connectivity index (χ0v) is 7.81. The monoisotopic (exact) mass is 165 g/mol. The van der Waals surface area contributed by atoms with E-state index < -0.39 is 0 Å². The predicted molar refractivity (Wildman–Crippen MR) is 50.0 cm³/mol. The first-order valence-electron chi connectivity index (χ1n) is 5.61. The average molecular weight is 165 g/mol. The van der Waals surface area contributed by atoms with Gasteiger partial charge in [0.1, 0.15) is 0 Å². The second-order valence-corrected chi connectivity index (χ2v) is 5.22. The Kier molecular flexibility index (Phi) is 1.52. The summed E-state index contributed by atoms with van der Waals surface area (Å²) < 4.78 is 0. The highest BCUT2D eigenvalue weighted by Crippen LogP contribution is 2.48. The van der Waals surface area contributed by atoms with Gasteiger partial charge in [0.25, 0.3) is 0 Å². The molecule has 3 rings (SSSR count). The molecule has 1 heterocycles. The van der Waals surface area contributed by atoms with Crippen molar-refractivity contribution in [3.05, 3.63) is 0 Å². The third-order valence-corrected chi connectivity index (χ3v) is 4.33. The fourth-order valence-electron chi connectivity index (χ4n) is 3.00. The fourth-order valence-corrected chi connectivity index (χ4v) is 3.00. The topological polar surface area (TPSA) is 12.0 Å². The maximum Gasteiger partial charge on any atom is 0.00957 e. The van der Waals surface area contributed by atoms with Gasteiger partial charge in [0, 0.05) is 12.6 Å². The van der Waals surface area contributed by atoms with Gasteiger partial charge in [0.15, 0.2) is 0 Å². The van der Waals surface area contributed by atoms with Gasteiger partial charge >= 0.3 is 0 Å². The van der Waals surface area contributed by atoms with Crippen LogP contribution in [0.5, 0.6) is 0 Å². The minimum absolute atomic E-state index is 0.783. The largest absolute Gasteiger partial charge is 0.313 e. The molecule has 0 bridgehead atoms. The molecule has 1 N–H and O–H groups in total. The maximum atomic E-state index is 3.77. The lowest BCUT2D eigenvalue weighted by molar-refractivity contribution is 0.0724. The van der Waals surface area contributed by atoms with Gasteiger partial charge in [-0.2, -0.15) is 0 Å². The van der Waals surface area contributed by atoms with Crippen LogP contribution >= 0.6 is 0 Å². The van der Waals surface area contributed by atoms with Crippen molar-refractivity contribution >= 4 is 0 Å². The molecule has 1 nitrogen and oxygen atoms in total. The number of rotatable bonds is 1. The van der Waals surface area contributed by atoms with Gasteiger partial charge in [0.05, 0.1) is 0 Å². The van der Waals surface area contributed by atoms with E-state index in [1.54, 1.807) is 0 Å². The van der Waals surface area contributed by atoms with Crippen molar-refractivity contribution in [3.63, 3.8) is 0 Å². The van der Waals surface area contributed by atoms with Crippen LogP contribution in [0.25, 0.3) is 0 Å². The first-order chi connectivity index (χ1) is 5.88. The van der Waals surface area contributed by atoms with Crippen molar-refractivity contribution in [1.29, 1.82) is 0 Å². The van der Waals surface area contributed by atoms with Gasteiger partial charge in [-0.3, -0.25) is 0 Å². The summed E-state index contributed by atoms with van der Waals surface area (Å²) in [5, 5.41) is 3.77. The van der Waals surface area contributed by atoms with E-state index in [0.29, 0.717) is 0 Å². The first-order valence-corrected chi connectivity index (χ1v) is 5.61. The molecule has 1 unspecified atom stereocenters. The number of hydrogen-bond acceptors (Lipinski definition) is 1. The molecule has 2 aliphatic carbocycles. The Morgan fingerprint density at radius 2 is 1.83 bits per heavy atom. The van der Waals surface area contributed by atoms with Gasteiger partial charge in [-0.25, -0.2) is 0 Å². The van der Waals surface area contributed by atoms with Gasteiger partial charge in [0.2, 0.25) is 0 Å². The van der Waals surface area contributed by atoms with Crippen molar-refractivity contribution in [2.75, 3.05) is 6.54 Å². The van der Waals surface area contributed by atoms with Crippen LogP contribution < -0.4 is 5.32 Å². The van der Waals surface area contributed by atoms with Crippen molar-refractivity contribution in [2.24, 2.45) is 11.3 Å². The minimum atomic E-state index is 0.783. The van der Waals surface area contributed by atoms with Crippen LogP contribution in [0, 0.1) is 11.3 Å². The third kappa shape index (κ3) is 1.10. The van der Waals surface area contributed by atoms with Crippen LogP contribution in [0.2, 0.25) is 0 Å². The number of nitrogens with one attached hydrogen (secondary N) is 1. The summed E-state index contributed by atoms with van der Waals surface area (Å²) in [6.45, 7) is 1.34. The Hall–Kier alpha value is -0.0400. The summed E-state index contributed by atoms with van der Waals surface area (Å²) in [7, 11) is 0. The van der Waals surface area contributed by atoms with Crippen LogP contribution in [0.4, 0.5) is 0 Å². The summed E-state index contributed by atoms with van der Waals surface area (Å²) in [6, 6.07) is 0.913. The summed E-state index contributed by atoms with van der Waals surface area (Å²) in [5.74, 6) is 1.07. The van der Waals surface area contributed by atoms with Gasteiger partial charge in [-0.15, -0.1) is 0 Å². The SMILES string of the molecule is C1CC2(C1)CCC(C1CC1)NC2. The standard InChI is InChI=1S/C11H19N/c1-5-11(6-1)7-4-10(12-8-11)9-2-3-9/h9-10,12H,1-8H2. The van der Waals surface area contributed by atoms with E-state index in [-0.39, 0.29) is 0 Å². The van der Waals surface area contributed by atoms with E-state index in [0.717, 1.165) is 17.4 Å². The normalized spacial score (nSPS) is 39.5. The molecular formula is C11H19N. The van der Waals surface area contributed by atoms with E-state index in [2.05, 4.69) is 5.32 Å². The van der Waals surface area contributed by atoms with E-state index >= 15 is 0 Å².